The van der Waals surface area contributed by atoms with E-state index >= 15 is 0 Å². The summed E-state index contributed by atoms with van der Waals surface area (Å²) in [5, 5.41) is 0. The molecule has 1 aliphatic heterocycles. The Morgan fingerprint density at radius 3 is 2.71 bits per heavy atom. The molecule has 1 heterocycles. The van der Waals surface area contributed by atoms with Gasteiger partial charge in [0.15, 0.2) is 0 Å². The van der Waals surface area contributed by atoms with Crippen molar-refractivity contribution in [1.82, 2.24) is 4.90 Å². The van der Waals surface area contributed by atoms with E-state index in [4.69, 9.17) is 10.6 Å². The van der Waals surface area contributed by atoms with E-state index in [0.29, 0.717) is 19.5 Å². The minimum atomic E-state index is -4.51. The molecule has 0 bridgehead atoms. The number of carbonyl (C=O) groups is 1. The molecular formula is C13H16F3N3O2. The predicted molar refractivity (Wildman–Crippen MR) is 70.6 cm³/mol. The normalized spacial score (nSPS) is 18.9. The van der Waals surface area contributed by atoms with E-state index in [1.807, 2.05) is 0 Å². The highest BCUT2D eigenvalue weighted by molar-refractivity contribution is 6.00. The number of methoxy groups -OCH3 is 1. The number of carbonyl (C=O) groups excluding carboxylic acids is 1. The largest absolute Gasteiger partial charge is 0.416 e. The van der Waals surface area contributed by atoms with Crippen molar-refractivity contribution in [2.75, 3.05) is 25.6 Å². The van der Waals surface area contributed by atoms with Gasteiger partial charge in [0.2, 0.25) is 0 Å². The van der Waals surface area contributed by atoms with Crippen LogP contribution in [0.2, 0.25) is 0 Å². The third-order valence-corrected chi connectivity index (χ3v) is 3.50. The number of nitrogen functional groups attached to an aromatic ring is 1. The summed E-state index contributed by atoms with van der Waals surface area (Å²) >= 11 is 0. The maximum Gasteiger partial charge on any atom is 0.416 e. The molecule has 0 aromatic heterocycles. The minimum Gasteiger partial charge on any atom is -0.380 e. The molecule has 0 aliphatic carbocycles. The summed E-state index contributed by atoms with van der Waals surface area (Å²) in [5.41, 5.74) is 1.44. The van der Waals surface area contributed by atoms with Crippen LogP contribution in [0.4, 0.5) is 18.9 Å². The Kier molecular flexibility index (Phi) is 4.38. The molecule has 1 saturated heterocycles. The van der Waals surface area contributed by atoms with Crippen LogP contribution in [0.5, 0.6) is 0 Å². The number of anilines is 1. The molecule has 0 saturated carbocycles. The molecule has 3 N–H and O–H groups in total. The van der Waals surface area contributed by atoms with Gasteiger partial charge in [-0.15, -0.1) is 0 Å². The first-order valence-electron chi connectivity index (χ1n) is 6.36. The van der Waals surface area contributed by atoms with E-state index in [2.05, 4.69) is 5.43 Å². The van der Waals surface area contributed by atoms with Crippen molar-refractivity contribution in [3.63, 3.8) is 0 Å². The molecule has 1 aromatic rings. The summed E-state index contributed by atoms with van der Waals surface area (Å²) in [5.74, 6) is 4.78. The number of hydrogen-bond acceptors (Lipinski definition) is 4. The number of nitrogens with one attached hydrogen (secondary N) is 1. The number of halogens is 3. The second kappa shape index (κ2) is 5.90. The summed E-state index contributed by atoms with van der Waals surface area (Å²) in [6, 6.07) is 2.85. The highest BCUT2D eigenvalue weighted by Gasteiger charge is 2.33. The van der Waals surface area contributed by atoms with Crippen molar-refractivity contribution in [2.45, 2.75) is 18.7 Å². The lowest BCUT2D eigenvalue weighted by Crippen LogP contribution is -2.31. The first-order chi connectivity index (χ1) is 9.86. The van der Waals surface area contributed by atoms with Gasteiger partial charge in [0.05, 0.1) is 22.9 Å². The van der Waals surface area contributed by atoms with E-state index in [-0.39, 0.29) is 17.4 Å². The Labute approximate surface area is 119 Å². The fourth-order valence-corrected chi connectivity index (χ4v) is 2.30. The molecule has 0 radical (unpaired) electrons. The van der Waals surface area contributed by atoms with Crippen molar-refractivity contribution >= 4 is 11.6 Å². The third-order valence-electron chi connectivity index (χ3n) is 3.50. The lowest BCUT2D eigenvalue weighted by Gasteiger charge is -2.19. The van der Waals surface area contributed by atoms with Crippen LogP contribution in [0.25, 0.3) is 0 Å². The highest BCUT2D eigenvalue weighted by atomic mass is 19.4. The van der Waals surface area contributed by atoms with Crippen molar-refractivity contribution in [3.8, 4) is 0 Å². The number of nitrogens with zero attached hydrogens (tertiary/aromatic N) is 1. The van der Waals surface area contributed by atoms with E-state index in [0.717, 1.165) is 18.2 Å². The van der Waals surface area contributed by atoms with Crippen molar-refractivity contribution < 1.29 is 22.7 Å². The average Bonchev–Trinajstić information content (AvgIpc) is 2.93. The first-order valence-corrected chi connectivity index (χ1v) is 6.36. The van der Waals surface area contributed by atoms with Crippen LogP contribution in [0.3, 0.4) is 0 Å². The van der Waals surface area contributed by atoms with E-state index in [9.17, 15) is 18.0 Å². The van der Waals surface area contributed by atoms with Gasteiger partial charge in [0.1, 0.15) is 0 Å². The third kappa shape index (κ3) is 3.27. The smallest absolute Gasteiger partial charge is 0.380 e. The molecule has 2 rings (SSSR count). The fourth-order valence-electron chi connectivity index (χ4n) is 2.30. The molecule has 1 unspecified atom stereocenters. The number of rotatable bonds is 3. The number of likely N-dealkylation sites (tertiary alicyclic amines) is 1. The van der Waals surface area contributed by atoms with Crippen LogP contribution in [0.15, 0.2) is 18.2 Å². The fraction of sp³-hybridized carbons (Fsp3) is 0.462. The molecule has 1 atom stereocenters. The van der Waals surface area contributed by atoms with E-state index in [1.165, 1.54) is 12.0 Å². The molecule has 0 spiro atoms. The monoisotopic (exact) mass is 303 g/mol. The van der Waals surface area contributed by atoms with Gasteiger partial charge in [-0.2, -0.15) is 13.2 Å². The summed E-state index contributed by atoms with van der Waals surface area (Å²) in [6.07, 6.45) is -3.94. The zero-order valence-corrected chi connectivity index (χ0v) is 11.4. The standard InChI is InChI=1S/C13H16F3N3O2/c1-21-9-4-5-19(7-9)12(20)10-6-8(13(14,15)16)2-3-11(10)18-17/h2-3,6,9,18H,4-5,7,17H2,1H3. The number of hydrazine groups is 1. The van der Waals surface area contributed by atoms with Crippen LogP contribution in [0, 0.1) is 0 Å². The van der Waals surface area contributed by atoms with Gasteiger partial charge in [-0.05, 0) is 24.6 Å². The van der Waals surface area contributed by atoms with Crippen LogP contribution in [0.1, 0.15) is 22.3 Å². The van der Waals surface area contributed by atoms with Gasteiger partial charge < -0.3 is 15.1 Å². The van der Waals surface area contributed by atoms with Crippen molar-refractivity contribution in [1.29, 1.82) is 0 Å². The van der Waals surface area contributed by atoms with Gasteiger partial charge in [-0.3, -0.25) is 10.6 Å². The Morgan fingerprint density at radius 2 is 2.19 bits per heavy atom. The molecule has 1 fully saturated rings. The Hall–Kier alpha value is -1.80. The maximum atomic E-state index is 12.8. The number of hydrogen-bond donors (Lipinski definition) is 2. The van der Waals surface area contributed by atoms with Gasteiger partial charge >= 0.3 is 6.18 Å². The molecule has 5 nitrogen and oxygen atoms in total. The lowest BCUT2D eigenvalue weighted by atomic mass is 10.1. The van der Waals surface area contributed by atoms with Gasteiger partial charge in [-0.1, -0.05) is 0 Å². The van der Waals surface area contributed by atoms with E-state index in [1.54, 1.807) is 0 Å². The van der Waals surface area contributed by atoms with Crippen LogP contribution in [-0.4, -0.2) is 37.1 Å². The maximum absolute atomic E-state index is 12.8. The predicted octanol–water partition coefficient (Wildman–Crippen LogP) is 1.85. The summed E-state index contributed by atoms with van der Waals surface area (Å²) in [7, 11) is 1.54. The second-order valence-electron chi connectivity index (χ2n) is 4.80. The Balaban J connectivity index is 2.31. The zero-order valence-electron chi connectivity index (χ0n) is 11.4. The molecule has 8 heteroatoms. The Morgan fingerprint density at radius 1 is 1.48 bits per heavy atom. The summed E-state index contributed by atoms with van der Waals surface area (Å²) in [4.78, 5) is 13.8. The molecule has 21 heavy (non-hydrogen) atoms. The lowest BCUT2D eigenvalue weighted by molar-refractivity contribution is -0.137. The SMILES string of the molecule is COC1CCN(C(=O)c2cc(C(F)(F)F)ccc2NN)C1. The number of alkyl halides is 3. The summed E-state index contributed by atoms with van der Waals surface area (Å²) in [6.45, 7) is 0.799. The Bertz CT molecular complexity index is 534. The quantitative estimate of drug-likeness (QED) is 0.660. The van der Waals surface area contributed by atoms with Crippen LogP contribution in [-0.2, 0) is 10.9 Å². The number of benzene rings is 1. The highest BCUT2D eigenvalue weighted by Crippen LogP contribution is 2.32. The number of amides is 1. The van der Waals surface area contributed by atoms with Crippen LogP contribution >= 0.6 is 0 Å². The minimum absolute atomic E-state index is 0.0889. The topological polar surface area (TPSA) is 67.6 Å². The zero-order chi connectivity index (χ0) is 15.6. The molecule has 1 aliphatic rings. The van der Waals surface area contributed by atoms with Crippen LogP contribution < -0.4 is 11.3 Å². The van der Waals surface area contributed by atoms with Gasteiger partial charge in [-0.25, -0.2) is 0 Å². The molecular weight excluding hydrogens is 287 g/mol. The van der Waals surface area contributed by atoms with E-state index < -0.39 is 17.6 Å². The molecule has 1 aromatic carbocycles. The van der Waals surface area contributed by atoms with Gasteiger partial charge in [0, 0.05) is 20.2 Å². The first kappa shape index (κ1) is 15.6. The average molecular weight is 303 g/mol. The van der Waals surface area contributed by atoms with Crippen molar-refractivity contribution in [3.05, 3.63) is 29.3 Å². The number of ether oxygens (including phenoxy) is 1. The second-order valence-corrected chi connectivity index (χ2v) is 4.80. The summed E-state index contributed by atoms with van der Waals surface area (Å²) < 4.78 is 43.4. The van der Waals surface area contributed by atoms with Crippen molar-refractivity contribution in [2.24, 2.45) is 5.84 Å². The molecule has 116 valence electrons. The molecule has 1 amide bonds. The number of nitrogens with two attached hydrogens (primary N) is 1. The van der Waals surface area contributed by atoms with Gasteiger partial charge in [0.25, 0.3) is 5.91 Å².